The van der Waals surface area contributed by atoms with Crippen molar-refractivity contribution in [2.45, 2.75) is 16.4 Å². The summed E-state index contributed by atoms with van der Waals surface area (Å²) >= 11 is 2.99. The summed E-state index contributed by atoms with van der Waals surface area (Å²) in [5.74, 6) is -0.889. The van der Waals surface area contributed by atoms with E-state index in [1.165, 1.54) is 28.4 Å². The maximum Gasteiger partial charge on any atom is 0.352 e. The molecule has 2 aliphatic rings. The number of carboxylic acid groups (broad SMARTS) is 1. The van der Waals surface area contributed by atoms with Gasteiger partial charge >= 0.3 is 5.97 Å². The van der Waals surface area contributed by atoms with Crippen molar-refractivity contribution in [3.63, 3.8) is 0 Å². The van der Waals surface area contributed by atoms with E-state index in [2.05, 4.69) is 0 Å². The summed E-state index contributed by atoms with van der Waals surface area (Å²) in [5.41, 5.74) is 6.41. The molecule has 23 heavy (non-hydrogen) atoms. The number of hydrogen-bond donors (Lipinski definition) is 2. The van der Waals surface area contributed by atoms with Gasteiger partial charge in [-0.05, 0) is 34.9 Å². The van der Waals surface area contributed by atoms with E-state index in [0.717, 1.165) is 5.03 Å². The molecular weight excluding hydrogens is 334 g/mol. The van der Waals surface area contributed by atoms with Gasteiger partial charge in [-0.2, -0.15) is 4.57 Å². The van der Waals surface area contributed by atoms with Gasteiger partial charge in [-0.3, -0.25) is 9.69 Å². The molecule has 3 rings (SSSR count). The summed E-state index contributed by atoms with van der Waals surface area (Å²) in [6, 6.07) is 5.26. The zero-order chi connectivity index (χ0) is 16.6. The zero-order valence-electron chi connectivity index (χ0n) is 12.4. The first-order valence-electron chi connectivity index (χ1n) is 6.95. The lowest BCUT2D eigenvalue weighted by atomic mass is 10.0. The Morgan fingerprint density at radius 2 is 2.35 bits per heavy atom. The number of nitrogens with zero attached hydrogens (tertiary/aromatic N) is 2. The number of carboxylic acids is 1. The lowest BCUT2D eigenvalue weighted by Gasteiger charge is -2.47. The van der Waals surface area contributed by atoms with Crippen LogP contribution >= 0.6 is 23.5 Å². The van der Waals surface area contributed by atoms with E-state index in [-0.39, 0.29) is 17.0 Å². The van der Waals surface area contributed by atoms with Gasteiger partial charge in [0, 0.05) is 17.9 Å². The van der Waals surface area contributed by atoms with Gasteiger partial charge in [0.2, 0.25) is 10.9 Å². The number of fused-ring (bicyclic) bond motifs is 1. The van der Waals surface area contributed by atoms with Crippen molar-refractivity contribution in [1.82, 2.24) is 4.90 Å². The SMILES string of the molecule is C[n+]1ccccc1SC=CC1=C(C(=O)O)N2C(=O)C(N)[C@H]2SC1. The number of aliphatic carboxylic acids is 1. The molecule has 0 saturated carbocycles. The molecule has 120 valence electrons. The van der Waals surface area contributed by atoms with Crippen LogP contribution in [0.2, 0.25) is 0 Å². The average molecular weight is 350 g/mol. The number of aryl methyl sites for hydroxylation is 1. The first-order valence-corrected chi connectivity index (χ1v) is 8.88. The van der Waals surface area contributed by atoms with E-state index in [4.69, 9.17) is 5.73 Å². The summed E-state index contributed by atoms with van der Waals surface area (Å²) in [6.07, 6.45) is 3.71. The fourth-order valence-corrected chi connectivity index (χ4v) is 4.51. The van der Waals surface area contributed by atoms with Crippen LogP contribution in [-0.2, 0) is 16.6 Å². The standard InChI is InChI=1S/C15H15N3O3S2/c1-17-6-3-2-4-10(17)22-7-5-9-8-23-14-11(16)13(19)18(14)12(9)15(20)21/h2-7,11,14H,8,16H2,1H3/p+1/t11?,14-/m1/s1. The van der Waals surface area contributed by atoms with Crippen molar-refractivity contribution in [3.05, 3.63) is 47.2 Å². The molecular formula is C15H16N3O3S2+. The fourth-order valence-electron chi connectivity index (χ4n) is 2.48. The minimum Gasteiger partial charge on any atom is -0.477 e. The van der Waals surface area contributed by atoms with Crippen molar-refractivity contribution >= 4 is 35.4 Å². The minimum atomic E-state index is -1.09. The highest BCUT2D eigenvalue weighted by Crippen LogP contribution is 2.39. The number of carbonyl (C=O) groups is 2. The Bertz CT molecular complexity index is 732. The predicted molar refractivity (Wildman–Crippen MR) is 88.3 cm³/mol. The molecule has 1 unspecified atom stereocenters. The van der Waals surface area contributed by atoms with Crippen LogP contribution in [0.3, 0.4) is 0 Å². The summed E-state index contributed by atoms with van der Waals surface area (Å²) in [4.78, 5) is 24.7. The smallest absolute Gasteiger partial charge is 0.352 e. The quantitative estimate of drug-likeness (QED) is 0.472. The lowest BCUT2D eigenvalue weighted by molar-refractivity contribution is -0.708. The average Bonchev–Trinajstić information content (AvgIpc) is 2.55. The Labute approximate surface area is 142 Å². The normalized spacial score (nSPS) is 23.9. The van der Waals surface area contributed by atoms with Crippen LogP contribution in [-0.4, -0.2) is 39.1 Å². The molecule has 1 saturated heterocycles. The van der Waals surface area contributed by atoms with E-state index in [0.29, 0.717) is 11.3 Å². The highest BCUT2D eigenvalue weighted by molar-refractivity contribution is 8.02. The number of rotatable bonds is 4. The molecule has 0 radical (unpaired) electrons. The third-order valence-corrected chi connectivity index (χ3v) is 5.97. The summed E-state index contributed by atoms with van der Waals surface area (Å²) in [5, 5.41) is 12.1. The Hall–Kier alpha value is -1.77. The van der Waals surface area contributed by atoms with Gasteiger partial charge in [-0.15, -0.1) is 11.8 Å². The highest BCUT2D eigenvalue weighted by Gasteiger charge is 2.51. The molecule has 3 N–H and O–H groups in total. The van der Waals surface area contributed by atoms with Crippen LogP contribution in [0, 0.1) is 0 Å². The molecule has 8 heteroatoms. The molecule has 0 spiro atoms. The van der Waals surface area contributed by atoms with Crippen molar-refractivity contribution < 1.29 is 19.3 Å². The monoisotopic (exact) mass is 350 g/mol. The number of amides is 1. The second-order valence-corrected chi connectivity index (χ2v) is 7.22. The number of allylic oxidation sites excluding steroid dienone is 1. The van der Waals surface area contributed by atoms with Crippen LogP contribution in [0.4, 0.5) is 0 Å². The molecule has 0 bridgehead atoms. The van der Waals surface area contributed by atoms with Crippen LogP contribution in [0.25, 0.3) is 0 Å². The van der Waals surface area contributed by atoms with Crippen molar-refractivity contribution in [1.29, 1.82) is 0 Å². The Kier molecular flexibility index (Phi) is 4.47. The maximum atomic E-state index is 11.9. The van der Waals surface area contributed by atoms with Crippen LogP contribution < -0.4 is 10.3 Å². The number of aromatic nitrogens is 1. The Balaban J connectivity index is 1.82. The summed E-state index contributed by atoms with van der Waals surface area (Å²) in [6.45, 7) is 0. The number of carbonyl (C=O) groups excluding carboxylic acids is 1. The largest absolute Gasteiger partial charge is 0.477 e. The third kappa shape index (κ3) is 2.89. The first-order chi connectivity index (χ1) is 11.0. The highest BCUT2D eigenvalue weighted by atomic mass is 32.2. The second-order valence-electron chi connectivity index (χ2n) is 5.18. The summed E-state index contributed by atoms with van der Waals surface area (Å²) in [7, 11) is 1.94. The van der Waals surface area contributed by atoms with Gasteiger partial charge in [-0.1, -0.05) is 0 Å². The predicted octanol–water partition coefficient (Wildman–Crippen LogP) is 0.698. The Morgan fingerprint density at radius 3 is 3.04 bits per heavy atom. The van der Waals surface area contributed by atoms with Crippen molar-refractivity contribution in [2.75, 3.05) is 5.75 Å². The number of hydrogen-bond acceptors (Lipinski definition) is 5. The van der Waals surface area contributed by atoms with E-state index in [1.54, 1.807) is 6.08 Å². The van der Waals surface area contributed by atoms with Gasteiger partial charge in [0.15, 0.2) is 6.20 Å². The van der Waals surface area contributed by atoms with Crippen molar-refractivity contribution in [2.24, 2.45) is 12.8 Å². The van der Waals surface area contributed by atoms with E-state index in [9.17, 15) is 14.7 Å². The van der Waals surface area contributed by atoms with Crippen molar-refractivity contribution in [3.8, 4) is 0 Å². The fraction of sp³-hybridized carbons (Fsp3) is 0.267. The van der Waals surface area contributed by atoms with Gasteiger partial charge in [0.25, 0.3) is 0 Å². The molecule has 2 aliphatic heterocycles. The van der Waals surface area contributed by atoms with E-state index >= 15 is 0 Å². The molecule has 1 amide bonds. The molecule has 1 fully saturated rings. The molecule has 3 heterocycles. The van der Waals surface area contributed by atoms with Crippen LogP contribution in [0.5, 0.6) is 0 Å². The summed E-state index contributed by atoms with van der Waals surface area (Å²) < 4.78 is 1.98. The Morgan fingerprint density at radius 1 is 1.57 bits per heavy atom. The van der Waals surface area contributed by atoms with Gasteiger partial charge in [0.1, 0.15) is 24.2 Å². The van der Waals surface area contributed by atoms with E-state index in [1.807, 2.05) is 41.4 Å². The van der Waals surface area contributed by atoms with Crippen LogP contribution in [0.1, 0.15) is 0 Å². The third-order valence-electron chi connectivity index (χ3n) is 3.71. The van der Waals surface area contributed by atoms with Gasteiger partial charge < -0.3 is 10.8 Å². The van der Waals surface area contributed by atoms with Gasteiger partial charge in [0.05, 0.1) is 0 Å². The van der Waals surface area contributed by atoms with Gasteiger partial charge in [-0.25, -0.2) is 4.79 Å². The minimum absolute atomic E-state index is 0.0507. The molecule has 2 atom stereocenters. The first kappa shape index (κ1) is 16.1. The molecule has 0 aromatic carbocycles. The maximum absolute atomic E-state index is 11.9. The molecule has 0 aliphatic carbocycles. The van der Waals surface area contributed by atoms with E-state index < -0.39 is 12.0 Å². The number of β-lactam (4-membered cyclic amide) rings is 1. The molecule has 1 aromatic rings. The molecule has 6 nitrogen and oxygen atoms in total. The zero-order valence-corrected chi connectivity index (χ0v) is 14.0. The number of pyridine rings is 1. The second kappa shape index (κ2) is 6.38. The number of thioether (sulfide) groups is 2. The lowest BCUT2D eigenvalue weighted by Crippen LogP contribution is -2.68. The van der Waals surface area contributed by atoms with Crippen LogP contribution in [0.15, 0.2) is 52.2 Å². The topological polar surface area (TPSA) is 87.5 Å². The number of nitrogens with two attached hydrogens (primary N) is 1. The molecule has 1 aromatic heterocycles.